The molecule has 0 saturated heterocycles. The Morgan fingerprint density at radius 1 is 1.24 bits per heavy atom. The quantitative estimate of drug-likeness (QED) is 0.735. The molecule has 0 fully saturated rings. The van der Waals surface area contributed by atoms with Crippen LogP contribution in [0.1, 0.15) is 5.56 Å². The average molecular weight is 410 g/mol. The van der Waals surface area contributed by atoms with Gasteiger partial charge in [-0.25, -0.2) is 8.42 Å². The smallest absolute Gasteiger partial charge is 0.263 e. The van der Waals surface area contributed by atoms with E-state index in [1.54, 1.807) is 25.1 Å². The summed E-state index contributed by atoms with van der Waals surface area (Å²) < 4.78 is 27.8. The van der Waals surface area contributed by atoms with Crippen molar-refractivity contribution in [3.05, 3.63) is 50.4 Å². The summed E-state index contributed by atoms with van der Waals surface area (Å²) >= 11 is 15.1. The van der Waals surface area contributed by atoms with Crippen LogP contribution in [0.3, 0.4) is 0 Å². The second-order valence-electron chi connectivity index (χ2n) is 4.34. The molecular weight excluding hydrogens is 399 g/mol. The first-order valence-corrected chi connectivity index (χ1v) is 8.78. The van der Waals surface area contributed by atoms with Crippen LogP contribution in [-0.2, 0) is 10.0 Å². The third kappa shape index (κ3) is 3.45. The van der Waals surface area contributed by atoms with Crippen molar-refractivity contribution < 1.29 is 8.42 Å². The molecule has 4 nitrogen and oxygen atoms in total. The van der Waals surface area contributed by atoms with Gasteiger partial charge in [-0.1, -0.05) is 35.3 Å². The summed E-state index contributed by atoms with van der Waals surface area (Å²) in [7, 11) is -3.88. The van der Waals surface area contributed by atoms with Crippen LogP contribution in [-0.4, -0.2) is 8.42 Å². The fourth-order valence-corrected chi connectivity index (χ4v) is 4.50. The Balaban J connectivity index is 2.54. The molecule has 0 atom stereocenters. The molecule has 2 aromatic rings. The Labute approximate surface area is 141 Å². The van der Waals surface area contributed by atoms with E-state index in [-0.39, 0.29) is 20.1 Å². The van der Waals surface area contributed by atoms with E-state index in [1.807, 2.05) is 0 Å². The van der Waals surface area contributed by atoms with Gasteiger partial charge < -0.3 is 5.73 Å². The molecule has 0 aliphatic rings. The van der Waals surface area contributed by atoms with Gasteiger partial charge in [-0.05, 0) is 46.6 Å². The highest BCUT2D eigenvalue weighted by Gasteiger charge is 2.22. The third-order valence-corrected chi connectivity index (χ3v) is 5.83. The molecule has 2 aromatic carbocycles. The van der Waals surface area contributed by atoms with Crippen LogP contribution in [0.15, 0.2) is 39.7 Å². The number of hydrogen-bond acceptors (Lipinski definition) is 3. The molecule has 0 radical (unpaired) electrons. The summed E-state index contributed by atoms with van der Waals surface area (Å²) in [5.41, 5.74) is 6.99. The summed E-state index contributed by atoms with van der Waals surface area (Å²) in [5.74, 6) is 0. The Morgan fingerprint density at radius 2 is 1.90 bits per heavy atom. The number of para-hydroxylation sites is 1. The molecule has 2 rings (SSSR count). The lowest BCUT2D eigenvalue weighted by Crippen LogP contribution is -2.15. The van der Waals surface area contributed by atoms with Crippen LogP contribution in [0.25, 0.3) is 0 Å². The molecule has 0 aliphatic carbocycles. The number of halogens is 3. The average Bonchev–Trinajstić information content (AvgIpc) is 2.38. The van der Waals surface area contributed by atoms with Crippen LogP contribution in [0.5, 0.6) is 0 Å². The van der Waals surface area contributed by atoms with Gasteiger partial charge >= 0.3 is 0 Å². The van der Waals surface area contributed by atoms with E-state index in [4.69, 9.17) is 28.9 Å². The predicted octanol–water partition coefficient (Wildman–Crippen LogP) is 4.45. The van der Waals surface area contributed by atoms with Gasteiger partial charge in [0.15, 0.2) is 0 Å². The monoisotopic (exact) mass is 408 g/mol. The molecule has 0 heterocycles. The zero-order valence-corrected chi connectivity index (χ0v) is 14.7. The van der Waals surface area contributed by atoms with Crippen LogP contribution in [0.4, 0.5) is 11.4 Å². The minimum Gasteiger partial charge on any atom is -0.398 e. The molecule has 0 bridgehead atoms. The van der Waals surface area contributed by atoms with Crippen molar-refractivity contribution in [1.82, 2.24) is 0 Å². The molecule has 8 heteroatoms. The van der Waals surface area contributed by atoms with Gasteiger partial charge in [-0.2, -0.15) is 0 Å². The van der Waals surface area contributed by atoms with Crippen molar-refractivity contribution in [2.24, 2.45) is 0 Å². The van der Waals surface area contributed by atoms with E-state index < -0.39 is 10.0 Å². The second-order valence-corrected chi connectivity index (χ2v) is 7.63. The van der Waals surface area contributed by atoms with Gasteiger partial charge in [0.05, 0.1) is 15.2 Å². The van der Waals surface area contributed by atoms with Crippen molar-refractivity contribution in [1.29, 1.82) is 0 Å². The first-order valence-electron chi connectivity index (χ1n) is 5.75. The largest absolute Gasteiger partial charge is 0.398 e. The second kappa shape index (κ2) is 6.04. The lowest BCUT2D eigenvalue weighted by Gasteiger charge is -2.14. The topological polar surface area (TPSA) is 72.2 Å². The molecular formula is C13H11BrCl2N2O2S. The van der Waals surface area contributed by atoms with E-state index in [0.29, 0.717) is 16.3 Å². The van der Waals surface area contributed by atoms with Crippen molar-refractivity contribution in [2.45, 2.75) is 11.8 Å². The van der Waals surface area contributed by atoms with Crippen LogP contribution in [0, 0.1) is 6.92 Å². The van der Waals surface area contributed by atoms with Crippen LogP contribution < -0.4 is 10.5 Å². The zero-order chi connectivity index (χ0) is 15.8. The number of anilines is 2. The molecule has 112 valence electrons. The molecule has 0 amide bonds. The molecule has 0 aromatic heterocycles. The van der Waals surface area contributed by atoms with E-state index in [0.717, 1.165) is 0 Å². The summed E-state index contributed by atoms with van der Waals surface area (Å²) in [6.07, 6.45) is 0. The highest BCUT2D eigenvalue weighted by Crippen LogP contribution is 2.34. The number of nitrogens with one attached hydrogen (secondary N) is 1. The number of aryl methyl sites for hydroxylation is 1. The number of hydrogen-bond donors (Lipinski definition) is 2. The minimum atomic E-state index is -3.88. The van der Waals surface area contributed by atoms with Crippen molar-refractivity contribution in [3.63, 3.8) is 0 Å². The highest BCUT2D eigenvalue weighted by atomic mass is 79.9. The fraction of sp³-hybridized carbons (Fsp3) is 0.0769. The molecule has 0 saturated carbocycles. The Morgan fingerprint density at radius 3 is 2.52 bits per heavy atom. The Hall–Kier alpha value is -0.950. The fourth-order valence-electron chi connectivity index (χ4n) is 1.73. The van der Waals surface area contributed by atoms with Crippen molar-refractivity contribution >= 4 is 60.5 Å². The van der Waals surface area contributed by atoms with Gasteiger partial charge in [0.1, 0.15) is 4.90 Å². The summed E-state index contributed by atoms with van der Waals surface area (Å²) in [4.78, 5) is -0.0492. The normalized spacial score (nSPS) is 11.4. The van der Waals surface area contributed by atoms with Gasteiger partial charge in [0.2, 0.25) is 0 Å². The maximum absolute atomic E-state index is 12.5. The van der Waals surface area contributed by atoms with Gasteiger partial charge in [-0.3, -0.25) is 4.72 Å². The lowest BCUT2D eigenvalue weighted by molar-refractivity contribution is 0.600. The zero-order valence-electron chi connectivity index (χ0n) is 10.8. The number of nitrogens with two attached hydrogens (primary N) is 1. The number of benzene rings is 2. The van der Waals surface area contributed by atoms with Gasteiger partial charge in [0.25, 0.3) is 10.0 Å². The molecule has 3 N–H and O–H groups in total. The summed E-state index contributed by atoms with van der Waals surface area (Å²) in [6, 6.07) is 7.88. The Bertz CT molecular complexity index is 790. The predicted molar refractivity (Wildman–Crippen MR) is 90.6 cm³/mol. The summed E-state index contributed by atoms with van der Waals surface area (Å²) in [5, 5.41) is 0.539. The third-order valence-electron chi connectivity index (χ3n) is 2.78. The van der Waals surface area contributed by atoms with Crippen molar-refractivity contribution in [2.75, 3.05) is 10.5 Å². The van der Waals surface area contributed by atoms with E-state index in [1.165, 1.54) is 12.1 Å². The standard InChI is InChI=1S/C13H11BrCl2N2O2S/c1-7-3-2-4-9(16)13(7)18-21(19,20)11-6-8(15)5-10(17)12(11)14/h2-6,18H,17H2,1H3. The number of sulfonamides is 1. The van der Waals surface area contributed by atoms with E-state index >= 15 is 0 Å². The number of nitrogen functional groups attached to an aromatic ring is 1. The number of rotatable bonds is 3. The Kier molecular flexibility index (Phi) is 4.72. The molecule has 21 heavy (non-hydrogen) atoms. The first-order chi connectivity index (χ1) is 9.72. The molecule has 0 spiro atoms. The highest BCUT2D eigenvalue weighted by molar-refractivity contribution is 9.10. The van der Waals surface area contributed by atoms with Crippen molar-refractivity contribution in [3.8, 4) is 0 Å². The molecule has 0 aliphatic heterocycles. The SMILES string of the molecule is Cc1cccc(Cl)c1NS(=O)(=O)c1cc(Cl)cc(N)c1Br. The van der Waals surface area contributed by atoms with Gasteiger partial charge in [-0.15, -0.1) is 0 Å². The first kappa shape index (κ1) is 16.4. The van der Waals surface area contributed by atoms with Gasteiger partial charge in [0, 0.05) is 10.7 Å². The maximum atomic E-state index is 12.5. The van der Waals surface area contributed by atoms with Crippen LogP contribution in [0.2, 0.25) is 10.0 Å². The minimum absolute atomic E-state index is 0.0492. The summed E-state index contributed by atoms with van der Waals surface area (Å²) in [6.45, 7) is 1.76. The van der Waals surface area contributed by atoms with E-state index in [9.17, 15) is 8.42 Å². The van der Waals surface area contributed by atoms with E-state index in [2.05, 4.69) is 20.7 Å². The molecule has 0 unspecified atom stereocenters. The van der Waals surface area contributed by atoms with Crippen LogP contribution >= 0.6 is 39.1 Å². The maximum Gasteiger partial charge on any atom is 0.263 e. The lowest BCUT2D eigenvalue weighted by atomic mass is 10.2.